The first kappa shape index (κ1) is 13.4. The number of rotatable bonds is 7. The minimum atomic E-state index is -0.876. The molecule has 0 amide bonds. The summed E-state index contributed by atoms with van der Waals surface area (Å²) in [5, 5.41) is 26.3. The Morgan fingerprint density at radius 1 is 1.44 bits per heavy atom. The van der Waals surface area contributed by atoms with Crippen molar-refractivity contribution in [1.29, 1.82) is 0 Å². The Balaban J connectivity index is 1.98. The van der Waals surface area contributed by atoms with Crippen LogP contribution in [-0.2, 0) is 17.9 Å². The molecule has 1 aromatic rings. The summed E-state index contributed by atoms with van der Waals surface area (Å²) in [6.45, 7) is 0.598. The zero-order chi connectivity index (χ0) is 13.0. The highest BCUT2D eigenvalue weighted by Crippen LogP contribution is 2.30. The summed E-state index contributed by atoms with van der Waals surface area (Å²) >= 11 is 1.15. The van der Waals surface area contributed by atoms with Crippen LogP contribution in [0.4, 0.5) is 0 Å². The largest absolute Gasteiger partial charge is 0.481 e. The van der Waals surface area contributed by atoms with E-state index in [1.807, 2.05) is 4.57 Å². The van der Waals surface area contributed by atoms with Crippen LogP contribution >= 0.6 is 11.8 Å². The van der Waals surface area contributed by atoms with E-state index in [0.717, 1.165) is 30.6 Å². The molecule has 0 unspecified atom stereocenters. The van der Waals surface area contributed by atoms with Crippen LogP contribution in [-0.4, -0.2) is 36.7 Å². The lowest BCUT2D eigenvalue weighted by Crippen LogP contribution is -2.15. The number of aromatic nitrogens is 3. The molecule has 100 valence electrons. The predicted octanol–water partition coefficient (Wildman–Crippen LogP) is 1.14. The Kier molecular flexibility index (Phi) is 4.60. The fourth-order valence-corrected chi connectivity index (χ4v) is 2.69. The topological polar surface area (TPSA) is 88.2 Å². The number of hydrogen-bond acceptors (Lipinski definition) is 5. The maximum atomic E-state index is 10.6. The third-order valence-corrected chi connectivity index (χ3v) is 4.20. The molecule has 0 saturated heterocycles. The van der Waals surface area contributed by atoms with Crippen molar-refractivity contribution in [3.05, 3.63) is 5.82 Å². The van der Waals surface area contributed by atoms with Crippen LogP contribution in [0.2, 0.25) is 0 Å². The quantitative estimate of drug-likeness (QED) is 0.723. The van der Waals surface area contributed by atoms with E-state index in [0.29, 0.717) is 11.0 Å². The molecule has 0 radical (unpaired) electrons. The minimum absolute atomic E-state index is 0.0347. The van der Waals surface area contributed by atoms with Gasteiger partial charge in [0.25, 0.3) is 0 Å². The first-order valence-electron chi connectivity index (χ1n) is 6.08. The summed E-state index contributed by atoms with van der Waals surface area (Å²) < 4.78 is 1.84. The molecule has 1 heterocycles. The highest BCUT2D eigenvalue weighted by Gasteiger charge is 2.19. The number of thioether (sulfide) groups is 1. The Bertz CT molecular complexity index is 418. The summed E-state index contributed by atoms with van der Waals surface area (Å²) in [6, 6.07) is 0. The van der Waals surface area contributed by atoms with Crippen LogP contribution in [0.5, 0.6) is 0 Å². The fraction of sp³-hybridized carbons (Fsp3) is 0.727. The number of hydrogen-bond donors (Lipinski definition) is 2. The monoisotopic (exact) mass is 271 g/mol. The van der Waals surface area contributed by atoms with Crippen molar-refractivity contribution in [3.8, 4) is 0 Å². The number of carboxylic acid groups (broad SMARTS) is 1. The van der Waals surface area contributed by atoms with Crippen LogP contribution in [0.25, 0.3) is 0 Å². The fourth-order valence-electron chi connectivity index (χ4n) is 1.99. The average molecular weight is 271 g/mol. The molecule has 0 aromatic carbocycles. The summed E-state index contributed by atoms with van der Waals surface area (Å²) in [7, 11) is 0. The Labute approximate surface area is 109 Å². The summed E-state index contributed by atoms with van der Waals surface area (Å²) in [6.07, 6.45) is 4.90. The first-order valence-corrected chi connectivity index (χ1v) is 7.06. The lowest BCUT2D eigenvalue weighted by molar-refractivity contribution is -0.133. The molecule has 0 spiro atoms. The van der Waals surface area contributed by atoms with Crippen molar-refractivity contribution in [1.82, 2.24) is 14.8 Å². The molecule has 1 aliphatic rings. The third-order valence-electron chi connectivity index (χ3n) is 3.25. The lowest BCUT2D eigenvalue weighted by Gasteiger charge is -2.25. The highest BCUT2D eigenvalue weighted by atomic mass is 32.2. The standard InChI is InChI=1S/C11H17N3O3S/c15-6-9-12-13-11(18-7-10(16)17)14(9)5-4-8-2-1-3-8/h8,15H,1-7H2,(H,16,17). The number of aliphatic hydroxyl groups excluding tert-OH is 1. The van der Waals surface area contributed by atoms with Crippen LogP contribution in [0, 0.1) is 5.92 Å². The van der Waals surface area contributed by atoms with E-state index in [4.69, 9.17) is 5.11 Å². The van der Waals surface area contributed by atoms with Gasteiger partial charge in [0, 0.05) is 6.54 Å². The molecular weight excluding hydrogens is 254 g/mol. The van der Waals surface area contributed by atoms with Crippen LogP contribution in [0.15, 0.2) is 5.16 Å². The van der Waals surface area contributed by atoms with Gasteiger partial charge in [-0.2, -0.15) is 0 Å². The van der Waals surface area contributed by atoms with Crippen LogP contribution in [0.3, 0.4) is 0 Å². The number of carbonyl (C=O) groups is 1. The van der Waals surface area contributed by atoms with Crippen molar-refractivity contribution in [2.24, 2.45) is 5.92 Å². The van der Waals surface area contributed by atoms with Gasteiger partial charge in [-0.3, -0.25) is 4.79 Å². The van der Waals surface area contributed by atoms with E-state index in [-0.39, 0.29) is 12.4 Å². The second-order valence-electron chi connectivity index (χ2n) is 4.48. The number of aliphatic hydroxyl groups is 1. The minimum Gasteiger partial charge on any atom is -0.481 e. The van der Waals surface area contributed by atoms with Gasteiger partial charge in [0.1, 0.15) is 6.61 Å². The Morgan fingerprint density at radius 2 is 2.22 bits per heavy atom. The maximum Gasteiger partial charge on any atom is 0.313 e. The highest BCUT2D eigenvalue weighted by molar-refractivity contribution is 7.99. The van der Waals surface area contributed by atoms with E-state index in [1.165, 1.54) is 19.3 Å². The van der Waals surface area contributed by atoms with E-state index in [2.05, 4.69) is 10.2 Å². The molecule has 1 saturated carbocycles. The van der Waals surface area contributed by atoms with E-state index in [1.54, 1.807) is 0 Å². The SMILES string of the molecule is O=C(O)CSc1nnc(CO)n1CCC1CCC1. The average Bonchev–Trinajstić information content (AvgIpc) is 2.67. The normalized spacial score (nSPS) is 15.6. The second-order valence-corrected chi connectivity index (χ2v) is 5.42. The van der Waals surface area contributed by atoms with Gasteiger partial charge in [0.05, 0.1) is 5.75 Å². The second kappa shape index (κ2) is 6.19. The molecule has 7 heteroatoms. The molecule has 0 bridgehead atoms. The molecule has 2 rings (SSSR count). The molecule has 18 heavy (non-hydrogen) atoms. The molecule has 2 N–H and O–H groups in total. The Morgan fingerprint density at radius 3 is 2.78 bits per heavy atom. The van der Waals surface area contributed by atoms with Crippen molar-refractivity contribution in [3.63, 3.8) is 0 Å². The molecule has 1 aliphatic carbocycles. The van der Waals surface area contributed by atoms with Crippen molar-refractivity contribution < 1.29 is 15.0 Å². The van der Waals surface area contributed by atoms with Gasteiger partial charge in [-0.1, -0.05) is 31.0 Å². The summed E-state index contributed by atoms with van der Waals surface area (Å²) in [5.41, 5.74) is 0. The van der Waals surface area contributed by atoms with E-state index >= 15 is 0 Å². The maximum absolute atomic E-state index is 10.6. The number of carboxylic acids is 1. The van der Waals surface area contributed by atoms with E-state index < -0.39 is 5.97 Å². The molecule has 0 aliphatic heterocycles. The van der Waals surface area contributed by atoms with Gasteiger partial charge in [0.2, 0.25) is 0 Å². The summed E-state index contributed by atoms with van der Waals surface area (Å²) in [5.74, 6) is 0.366. The van der Waals surface area contributed by atoms with Gasteiger partial charge >= 0.3 is 5.97 Å². The third kappa shape index (κ3) is 3.23. The zero-order valence-electron chi connectivity index (χ0n) is 10.1. The molecule has 6 nitrogen and oxygen atoms in total. The van der Waals surface area contributed by atoms with Crippen molar-refractivity contribution >= 4 is 17.7 Å². The molecule has 0 atom stereocenters. The molecule has 1 fully saturated rings. The number of nitrogens with zero attached hydrogens (tertiary/aromatic N) is 3. The van der Waals surface area contributed by atoms with Crippen molar-refractivity contribution in [2.45, 2.75) is 44.0 Å². The molecule has 1 aromatic heterocycles. The van der Waals surface area contributed by atoms with E-state index in [9.17, 15) is 9.90 Å². The van der Waals surface area contributed by atoms with Crippen molar-refractivity contribution in [2.75, 3.05) is 5.75 Å². The van der Waals surface area contributed by atoms with Gasteiger partial charge in [-0.25, -0.2) is 0 Å². The van der Waals surface area contributed by atoms with Gasteiger partial charge < -0.3 is 14.8 Å². The zero-order valence-corrected chi connectivity index (χ0v) is 10.9. The molecular formula is C11H17N3O3S. The van der Waals surface area contributed by atoms with Gasteiger partial charge in [-0.05, 0) is 12.3 Å². The van der Waals surface area contributed by atoms with Gasteiger partial charge in [0.15, 0.2) is 11.0 Å². The van der Waals surface area contributed by atoms with Gasteiger partial charge in [-0.15, -0.1) is 10.2 Å². The smallest absolute Gasteiger partial charge is 0.313 e. The van der Waals surface area contributed by atoms with Crippen LogP contribution in [0.1, 0.15) is 31.5 Å². The predicted molar refractivity (Wildman–Crippen MR) is 66.3 cm³/mol. The number of aliphatic carboxylic acids is 1. The summed E-state index contributed by atoms with van der Waals surface area (Å²) in [4.78, 5) is 10.6. The Hall–Kier alpha value is -1.08. The lowest BCUT2D eigenvalue weighted by atomic mass is 9.83. The first-order chi connectivity index (χ1) is 8.70. The van der Waals surface area contributed by atoms with Crippen LogP contribution < -0.4 is 0 Å².